The van der Waals surface area contributed by atoms with Gasteiger partial charge in [-0.2, -0.15) is 0 Å². The molecule has 1 aromatic heterocycles. The van der Waals surface area contributed by atoms with Gasteiger partial charge in [0.2, 0.25) is 6.29 Å². The molecule has 0 radical (unpaired) electrons. The third kappa shape index (κ3) is 1.49. The lowest BCUT2D eigenvalue weighted by atomic mass is 10.2. The van der Waals surface area contributed by atoms with E-state index in [-0.39, 0.29) is 12.2 Å². The minimum absolute atomic E-state index is 0.0287. The van der Waals surface area contributed by atoms with E-state index in [0.717, 1.165) is 18.9 Å². The van der Waals surface area contributed by atoms with Crippen molar-refractivity contribution in [3.63, 3.8) is 0 Å². The van der Waals surface area contributed by atoms with E-state index in [1.54, 1.807) is 11.1 Å². The number of carbonyl (C=O) groups excluding carboxylic acids is 1. The van der Waals surface area contributed by atoms with E-state index >= 15 is 0 Å². The van der Waals surface area contributed by atoms with E-state index in [2.05, 4.69) is 20.0 Å². The number of hydrogen-bond donors (Lipinski definition) is 0. The smallest absolute Gasteiger partial charge is 0.261 e. The van der Waals surface area contributed by atoms with E-state index in [1.165, 1.54) is 12.8 Å². The Kier molecular flexibility index (Phi) is 2.32. The standard InChI is InChI=1S/C13H15N5O/c19-12-10-4-3-5-14-11(10)18(16-7-1-2-8-16)13-15-6-9-17(12)13/h3-6,13H,1-2,7-9H2. The van der Waals surface area contributed by atoms with E-state index in [1.807, 2.05) is 18.3 Å². The summed E-state index contributed by atoms with van der Waals surface area (Å²) >= 11 is 0. The van der Waals surface area contributed by atoms with Gasteiger partial charge in [-0.15, -0.1) is 0 Å². The van der Waals surface area contributed by atoms with E-state index < -0.39 is 0 Å². The summed E-state index contributed by atoms with van der Waals surface area (Å²) in [6, 6.07) is 3.67. The van der Waals surface area contributed by atoms with Crippen molar-refractivity contribution in [2.24, 2.45) is 4.99 Å². The molecule has 3 aliphatic rings. The second-order valence-corrected chi connectivity index (χ2v) is 5.02. The number of anilines is 1. The first kappa shape index (κ1) is 10.9. The molecular formula is C13H15N5O. The number of carbonyl (C=O) groups is 1. The third-order valence-corrected chi connectivity index (χ3v) is 3.90. The van der Waals surface area contributed by atoms with E-state index in [4.69, 9.17) is 0 Å². The molecule has 1 aromatic rings. The maximum absolute atomic E-state index is 12.4. The Hall–Kier alpha value is -1.95. The number of hydrazine groups is 1. The number of aliphatic imine (C=N–C) groups is 1. The van der Waals surface area contributed by atoms with Crippen LogP contribution >= 0.6 is 0 Å². The lowest BCUT2D eigenvalue weighted by molar-refractivity contribution is 0.0643. The fraction of sp³-hybridized carbons (Fsp3) is 0.462. The zero-order chi connectivity index (χ0) is 12.8. The van der Waals surface area contributed by atoms with Crippen LogP contribution in [0.15, 0.2) is 23.3 Å². The van der Waals surface area contributed by atoms with Crippen LogP contribution in [0.4, 0.5) is 5.82 Å². The zero-order valence-electron chi connectivity index (χ0n) is 10.6. The van der Waals surface area contributed by atoms with Gasteiger partial charge in [0, 0.05) is 25.5 Å². The Bertz CT molecular complexity index is 552. The van der Waals surface area contributed by atoms with Gasteiger partial charge in [0.1, 0.15) is 0 Å². The van der Waals surface area contributed by atoms with E-state index in [0.29, 0.717) is 12.1 Å². The van der Waals surface area contributed by atoms with Crippen LogP contribution in [-0.4, -0.2) is 52.9 Å². The monoisotopic (exact) mass is 257 g/mol. The first-order valence-corrected chi connectivity index (χ1v) is 6.68. The normalized spacial score (nSPS) is 25.9. The first-order valence-electron chi connectivity index (χ1n) is 6.68. The molecular weight excluding hydrogens is 242 g/mol. The SMILES string of the molecule is O=C1c2cccnc2N(N2CCCC2)C2N=CCN12. The summed E-state index contributed by atoms with van der Waals surface area (Å²) in [5, 5.41) is 4.35. The van der Waals surface area contributed by atoms with E-state index in [9.17, 15) is 4.79 Å². The van der Waals surface area contributed by atoms with Gasteiger partial charge in [-0.1, -0.05) is 0 Å². The summed E-state index contributed by atoms with van der Waals surface area (Å²) in [6.07, 6.45) is 5.68. The number of aromatic nitrogens is 1. The van der Waals surface area contributed by atoms with Crippen LogP contribution in [0, 0.1) is 0 Å². The third-order valence-electron chi connectivity index (χ3n) is 3.90. The summed E-state index contributed by atoms with van der Waals surface area (Å²) < 4.78 is 0. The van der Waals surface area contributed by atoms with Crippen molar-refractivity contribution in [2.75, 3.05) is 24.6 Å². The fourth-order valence-electron chi connectivity index (χ4n) is 2.99. The van der Waals surface area contributed by atoms with Crippen LogP contribution in [0.5, 0.6) is 0 Å². The lowest BCUT2D eigenvalue weighted by Gasteiger charge is -2.43. The molecule has 0 spiro atoms. The fourth-order valence-corrected chi connectivity index (χ4v) is 2.99. The van der Waals surface area contributed by atoms with Crippen LogP contribution < -0.4 is 5.01 Å². The van der Waals surface area contributed by atoms with Gasteiger partial charge in [-0.3, -0.25) is 9.69 Å². The minimum Gasteiger partial charge on any atom is -0.293 e. The van der Waals surface area contributed by atoms with Crippen molar-refractivity contribution in [3.05, 3.63) is 23.9 Å². The van der Waals surface area contributed by atoms with Crippen molar-refractivity contribution in [1.29, 1.82) is 0 Å². The average Bonchev–Trinajstić information content (AvgIpc) is 3.10. The second-order valence-electron chi connectivity index (χ2n) is 5.02. The predicted molar refractivity (Wildman–Crippen MR) is 70.8 cm³/mol. The van der Waals surface area contributed by atoms with Crippen molar-refractivity contribution in [1.82, 2.24) is 14.9 Å². The molecule has 1 atom stereocenters. The molecule has 1 saturated heterocycles. The minimum atomic E-state index is -0.243. The molecule has 1 amide bonds. The molecule has 1 fully saturated rings. The van der Waals surface area contributed by atoms with Crippen molar-refractivity contribution in [2.45, 2.75) is 19.1 Å². The molecule has 0 aromatic carbocycles. The number of fused-ring (bicyclic) bond motifs is 2. The second kappa shape index (κ2) is 4.03. The van der Waals surface area contributed by atoms with Crippen LogP contribution in [-0.2, 0) is 0 Å². The Balaban J connectivity index is 1.84. The average molecular weight is 257 g/mol. The van der Waals surface area contributed by atoms with Crippen molar-refractivity contribution < 1.29 is 4.79 Å². The Morgan fingerprint density at radius 1 is 1.26 bits per heavy atom. The summed E-state index contributed by atoms with van der Waals surface area (Å²) in [7, 11) is 0. The Labute approximate surface area is 111 Å². The zero-order valence-corrected chi connectivity index (χ0v) is 10.6. The van der Waals surface area contributed by atoms with Crippen LogP contribution in [0.25, 0.3) is 0 Å². The van der Waals surface area contributed by atoms with Gasteiger partial charge in [0.05, 0.1) is 12.1 Å². The highest BCUT2D eigenvalue weighted by molar-refractivity contribution is 6.02. The summed E-state index contributed by atoms with van der Waals surface area (Å²) in [4.78, 5) is 23.1. The van der Waals surface area contributed by atoms with Gasteiger partial charge in [0.25, 0.3) is 5.91 Å². The number of nitrogens with zero attached hydrogens (tertiary/aromatic N) is 5. The molecule has 0 N–H and O–H groups in total. The molecule has 1 unspecified atom stereocenters. The number of pyridine rings is 1. The van der Waals surface area contributed by atoms with Gasteiger partial charge in [-0.25, -0.2) is 20.0 Å². The molecule has 0 saturated carbocycles. The first-order chi connectivity index (χ1) is 9.36. The molecule has 19 heavy (non-hydrogen) atoms. The van der Waals surface area contributed by atoms with Crippen LogP contribution in [0.3, 0.4) is 0 Å². The van der Waals surface area contributed by atoms with Gasteiger partial charge >= 0.3 is 0 Å². The molecule has 3 aliphatic heterocycles. The lowest BCUT2D eigenvalue weighted by Crippen LogP contribution is -2.58. The van der Waals surface area contributed by atoms with Crippen molar-refractivity contribution in [3.8, 4) is 0 Å². The van der Waals surface area contributed by atoms with Gasteiger partial charge in [-0.05, 0) is 25.0 Å². The highest BCUT2D eigenvalue weighted by atomic mass is 16.2. The number of rotatable bonds is 1. The highest BCUT2D eigenvalue weighted by Crippen LogP contribution is 2.33. The molecule has 4 rings (SSSR count). The van der Waals surface area contributed by atoms with Crippen LogP contribution in [0.1, 0.15) is 23.2 Å². The summed E-state index contributed by atoms with van der Waals surface area (Å²) in [5.41, 5.74) is 0.677. The maximum Gasteiger partial charge on any atom is 0.261 e. The maximum atomic E-state index is 12.4. The number of hydrogen-bond acceptors (Lipinski definition) is 5. The highest BCUT2D eigenvalue weighted by Gasteiger charge is 2.42. The molecule has 0 bridgehead atoms. The van der Waals surface area contributed by atoms with Gasteiger partial charge in [0.15, 0.2) is 5.82 Å². The van der Waals surface area contributed by atoms with Gasteiger partial charge < -0.3 is 0 Å². The quantitative estimate of drug-likeness (QED) is 0.744. The molecule has 4 heterocycles. The topological polar surface area (TPSA) is 52.0 Å². The van der Waals surface area contributed by atoms with Crippen LogP contribution in [0.2, 0.25) is 0 Å². The summed E-state index contributed by atoms with van der Waals surface area (Å²) in [5.74, 6) is 0.774. The predicted octanol–water partition coefficient (Wildman–Crippen LogP) is 0.723. The Morgan fingerprint density at radius 3 is 2.95 bits per heavy atom. The molecule has 98 valence electrons. The molecule has 0 aliphatic carbocycles. The number of amides is 1. The largest absolute Gasteiger partial charge is 0.293 e. The van der Waals surface area contributed by atoms with Crippen molar-refractivity contribution >= 4 is 17.9 Å². The summed E-state index contributed by atoms with van der Waals surface area (Å²) in [6.45, 7) is 2.59. The molecule has 6 heteroatoms. The molecule has 6 nitrogen and oxygen atoms in total. The Morgan fingerprint density at radius 2 is 2.11 bits per heavy atom.